The summed E-state index contributed by atoms with van der Waals surface area (Å²) in [4.78, 5) is 0.258. The van der Waals surface area contributed by atoms with Crippen LogP contribution in [-0.4, -0.2) is 43.1 Å². The number of aliphatic hydroxyl groups is 1. The van der Waals surface area contributed by atoms with Gasteiger partial charge in [0.25, 0.3) is 0 Å². The molecule has 1 saturated heterocycles. The minimum atomic E-state index is -3.53. The predicted octanol–water partition coefficient (Wildman–Crippen LogP) is 1.68. The maximum absolute atomic E-state index is 12.9. The lowest BCUT2D eigenvalue weighted by atomic mass is 10.1. The van der Waals surface area contributed by atoms with Crippen molar-refractivity contribution in [1.29, 1.82) is 0 Å². The first-order valence-corrected chi connectivity index (χ1v) is 8.85. The fraction of sp³-hybridized carbons (Fsp3) is 0.600. The van der Waals surface area contributed by atoms with Crippen molar-refractivity contribution in [3.05, 3.63) is 29.8 Å². The highest BCUT2D eigenvalue weighted by Gasteiger charge is 2.42. The molecule has 0 aromatic heterocycles. The molecule has 1 aromatic carbocycles. The number of sulfonamides is 1. The van der Waals surface area contributed by atoms with Gasteiger partial charge in [-0.05, 0) is 43.9 Å². The van der Waals surface area contributed by atoms with E-state index in [0.29, 0.717) is 18.7 Å². The maximum Gasteiger partial charge on any atom is 0.243 e. The normalized spacial score (nSPS) is 28.3. The lowest BCUT2D eigenvalue weighted by Gasteiger charge is -2.36. The SMILES string of the molecule is CC(O)c1cccc(S(=O)(=O)N2CCOC3CCCC32)c1. The van der Waals surface area contributed by atoms with E-state index in [-0.39, 0.29) is 17.0 Å². The van der Waals surface area contributed by atoms with E-state index < -0.39 is 16.1 Å². The van der Waals surface area contributed by atoms with Crippen molar-refractivity contribution >= 4 is 10.0 Å². The van der Waals surface area contributed by atoms with Crippen LogP contribution in [0.3, 0.4) is 0 Å². The van der Waals surface area contributed by atoms with Crippen LogP contribution in [0.15, 0.2) is 29.2 Å². The second-order valence-electron chi connectivity index (χ2n) is 5.77. The van der Waals surface area contributed by atoms with Crippen LogP contribution in [0.25, 0.3) is 0 Å². The second-order valence-corrected chi connectivity index (χ2v) is 7.66. The molecule has 2 fully saturated rings. The minimum absolute atomic E-state index is 0.0356. The molecule has 1 heterocycles. The van der Waals surface area contributed by atoms with Crippen LogP contribution in [0.1, 0.15) is 37.9 Å². The molecule has 1 aromatic rings. The Kier molecular flexibility index (Phi) is 4.05. The van der Waals surface area contributed by atoms with Gasteiger partial charge >= 0.3 is 0 Å². The van der Waals surface area contributed by atoms with E-state index in [1.165, 1.54) is 0 Å². The number of benzene rings is 1. The summed E-state index contributed by atoms with van der Waals surface area (Å²) in [7, 11) is -3.53. The van der Waals surface area contributed by atoms with Gasteiger partial charge in [0.2, 0.25) is 10.0 Å². The summed E-state index contributed by atoms with van der Waals surface area (Å²) in [5, 5.41) is 9.65. The Morgan fingerprint density at radius 1 is 1.38 bits per heavy atom. The molecule has 0 spiro atoms. The van der Waals surface area contributed by atoms with Crippen LogP contribution < -0.4 is 0 Å². The molecule has 1 N–H and O–H groups in total. The summed E-state index contributed by atoms with van der Waals surface area (Å²) < 4.78 is 33.1. The highest BCUT2D eigenvalue weighted by atomic mass is 32.2. The molecule has 3 atom stereocenters. The van der Waals surface area contributed by atoms with E-state index in [0.717, 1.165) is 19.3 Å². The van der Waals surface area contributed by atoms with Gasteiger partial charge in [-0.2, -0.15) is 4.31 Å². The van der Waals surface area contributed by atoms with Crippen molar-refractivity contribution in [3.63, 3.8) is 0 Å². The topological polar surface area (TPSA) is 66.8 Å². The van der Waals surface area contributed by atoms with Gasteiger partial charge in [-0.25, -0.2) is 8.42 Å². The van der Waals surface area contributed by atoms with Crippen molar-refractivity contribution in [2.24, 2.45) is 0 Å². The summed E-state index contributed by atoms with van der Waals surface area (Å²) >= 11 is 0. The molecule has 1 aliphatic carbocycles. The van der Waals surface area contributed by atoms with Crippen molar-refractivity contribution in [2.75, 3.05) is 13.2 Å². The van der Waals surface area contributed by atoms with Gasteiger partial charge in [-0.15, -0.1) is 0 Å². The molecule has 1 saturated carbocycles. The van der Waals surface area contributed by atoms with Gasteiger partial charge in [0, 0.05) is 6.54 Å². The molecule has 6 heteroatoms. The second kappa shape index (κ2) is 5.68. The van der Waals surface area contributed by atoms with Crippen LogP contribution in [-0.2, 0) is 14.8 Å². The Morgan fingerprint density at radius 3 is 2.95 bits per heavy atom. The van der Waals surface area contributed by atoms with Crippen LogP contribution in [0.5, 0.6) is 0 Å². The molecule has 0 amide bonds. The van der Waals surface area contributed by atoms with Crippen LogP contribution in [0.2, 0.25) is 0 Å². The van der Waals surface area contributed by atoms with Crippen LogP contribution in [0.4, 0.5) is 0 Å². The number of fused-ring (bicyclic) bond motifs is 1. The van der Waals surface area contributed by atoms with Crippen LogP contribution >= 0.6 is 0 Å². The van der Waals surface area contributed by atoms with Gasteiger partial charge < -0.3 is 9.84 Å². The zero-order valence-electron chi connectivity index (χ0n) is 12.1. The van der Waals surface area contributed by atoms with Gasteiger partial charge in [-0.3, -0.25) is 0 Å². The molecule has 5 nitrogen and oxygen atoms in total. The summed E-state index contributed by atoms with van der Waals surface area (Å²) in [6.07, 6.45) is 2.16. The Hall–Kier alpha value is -0.950. The largest absolute Gasteiger partial charge is 0.389 e. The zero-order chi connectivity index (χ0) is 15.0. The molecule has 0 bridgehead atoms. The van der Waals surface area contributed by atoms with Crippen molar-refractivity contribution in [3.8, 4) is 0 Å². The Bertz CT molecular complexity index is 614. The fourth-order valence-electron chi connectivity index (χ4n) is 3.26. The van der Waals surface area contributed by atoms with E-state index in [1.54, 1.807) is 35.5 Å². The van der Waals surface area contributed by atoms with Gasteiger partial charge in [0.1, 0.15) is 0 Å². The fourth-order valence-corrected chi connectivity index (χ4v) is 4.98. The molecular formula is C15H21NO4S. The third-order valence-electron chi connectivity index (χ3n) is 4.38. The quantitative estimate of drug-likeness (QED) is 0.922. The summed E-state index contributed by atoms with van der Waals surface area (Å²) in [5.74, 6) is 0. The summed E-state index contributed by atoms with van der Waals surface area (Å²) in [6, 6.07) is 6.54. The molecule has 3 unspecified atom stereocenters. The molecular weight excluding hydrogens is 290 g/mol. The first kappa shape index (κ1) is 15.0. The Balaban J connectivity index is 1.94. The minimum Gasteiger partial charge on any atom is -0.389 e. The van der Waals surface area contributed by atoms with Crippen molar-refractivity contribution in [2.45, 2.75) is 49.3 Å². The third-order valence-corrected chi connectivity index (χ3v) is 6.30. The van der Waals surface area contributed by atoms with Crippen molar-refractivity contribution in [1.82, 2.24) is 4.31 Å². The summed E-state index contributed by atoms with van der Waals surface area (Å²) in [6.45, 7) is 2.49. The first-order valence-electron chi connectivity index (χ1n) is 7.41. The smallest absolute Gasteiger partial charge is 0.243 e. The molecule has 2 aliphatic rings. The first-order chi connectivity index (χ1) is 10.00. The average molecular weight is 311 g/mol. The standard InChI is InChI=1S/C15H21NO4S/c1-11(17)12-4-2-5-13(10-12)21(18,19)16-8-9-20-15-7-3-6-14(15)16/h2,4-5,10-11,14-15,17H,3,6-9H2,1H3. The van der Waals surface area contributed by atoms with E-state index in [9.17, 15) is 13.5 Å². The number of hydrogen-bond acceptors (Lipinski definition) is 4. The molecule has 21 heavy (non-hydrogen) atoms. The maximum atomic E-state index is 12.9. The van der Waals surface area contributed by atoms with Crippen molar-refractivity contribution < 1.29 is 18.3 Å². The summed E-state index contributed by atoms with van der Waals surface area (Å²) in [5.41, 5.74) is 0.618. The number of morpholine rings is 1. The lowest BCUT2D eigenvalue weighted by molar-refractivity contribution is -0.0241. The third kappa shape index (κ3) is 2.73. The Morgan fingerprint density at radius 2 is 2.19 bits per heavy atom. The average Bonchev–Trinajstić information content (AvgIpc) is 2.95. The van der Waals surface area contributed by atoms with Gasteiger partial charge in [0.05, 0.1) is 29.8 Å². The number of aliphatic hydroxyl groups excluding tert-OH is 1. The highest BCUT2D eigenvalue weighted by molar-refractivity contribution is 7.89. The molecule has 1 aliphatic heterocycles. The monoisotopic (exact) mass is 311 g/mol. The zero-order valence-corrected chi connectivity index (χ0v) is 12.9. The predicted molar refractivity (Wildman–Crippen MR) is 78.3 cm³/mol. The lowest BCUT2D eigenvalue weighted by Crippen LogP contribution is -2.51. The number of rotatable bonds is 3. The molecule has 116 valence electrons. The number of hydrogen-bond donors (Lipinski definition) is 1. The van der Waals surface area contributed by atoms with E-state index in [2.05, 4.69) is 0 Å². The highest BCUT2D eigenvalue weighted by Crippen LogP contribution is 2.33. The Labute approximate surface area is 125 Å². The molecule has 0 radical (unpaired) electrons. The number of ether oxygens (including phenoxy) is 1. The van der Waals surface area contributed by atoms with E-state index in [1.807, 2.05) is 0 Å². The number of nitrogens with zero attached hydrogens (tertiary/aromatic N) is 1. The van der Waals surface area contributed by atoms with Gasteiger partial charge in [-0.1, -0.05) is 12.1 Å². The molecule has 3 rings (SSSR count). The van der Waals surface area contributed by atoms with Gasteiger partial charge in [0.15, 0.2) is 0 Å². The van der Waals surface area contributed by atoms with E-state index >= 15 is 0 Å². The van der Waals surface area contributed by atoms with Crippen LogP contribution in [0, 0.1) is 0 Å². The van der Waals surface area contributed by atoms with E-state index in [4.69, 9.17) is 4.74 Å².